The van der Waals surface area contributed by atoms with Crippen LogP contribution in [-0.2, 0) is 11.3 Å². The first-order chi connectivity index (χ1) is 15.0. The van der Waals surface area contributed by atoms with Crippen LogP contribution in [0, 0.1) is 11.8 Å². The Morgan fingerprint density at radius 2 is 1.90 bits per heavy atom. The number of ether oxygens (including phenoxy) is 2. The predicted molar refractivity (Wildman–Crippen MR) is 121 cm³/mol. The molecule has 1 N–H and O–H groups in total. The fourth-order valence-corrected chi connectivity index (χ4v) is 5.67. The summed E-state index contributed by atoms with van der Waals surface area (Å²) in [4.78, 5) is 17.3. The van der Waals surface area contributed by atoms with Gasteiger partial charge in [-0.25, -0.2) is 4.98 Å². The molecule has 2 aliphatic carbocycles. The Morgan fingerprint density at radius 3 is 2.61 bits per heavy atom. The molecule has 0 spiro atoms. The second kappa shape index (κ2) is 9.33. The monoisotopic (exact) mass is 425 g/mol. The van der Waals surface area contributed by atoms with Crippen molar-refractivity contribution >= 4 is 5.91 Å². The van der Waals surface area contributed by atoms with Gasteiger partial charge in [0.2, 0.25) is 5.91 Å². The molecular weight excluding hydrogens is 390 g/mol. The molecule has 4 atom stereocenters. The molecule has 2 fully saturated rings. The molecule has 0 aliphatic heterocycles. The summed E-state index contributed by atoms with van der Waals surface area (Å²) >= 11 is 0. The normalized spacial score (nSPS) is 24.9. The summed E-state index contributed by atoms with van der Waals surface area (Å²) < 4.78 is 13.0. The van der Waals surface area contributed by atoms with Crippen LogP contribution in [0.3, 0.4) is 0 Å². The first-order valence-electron chi connectivity index (χ1n) is 11.6. The lowest BCUT2D eigenvalue weighted by Gasteiger charge is -2.55. The average molecular weight is 426 g/mol. The minimum atomic E-state index is 0.128. The van der Waals surface area contributed by atoms with Gasteiger partial charge in [-0.2, -0.15) is 0 Å². The maximum absolute atomic E-state index is 12.9. The topological polar surface area (TPSA) is 65.4 Å². The minimum absolute atomic E-state index is 0.128. The molecule has 0 saturated heterocycles. The van der Waals surface area contributed by atoms with E-state index in [2.05, 4.69) is 40.8 Å². The summed E-state index contributed by atoms with van der Waals surface area (Å²) in [5, 5.41) is 3.40. The van der Waals surface area contributed by atoms with E-state index in [0.717, 1.165) is 17.3 Å². The fourth-order valence-electron chi connectivity index (χ4n) is 5.67. The van der Waals surface area contributed by atoms with Gasteiger partial charge in [-0.3, -0.25) is 4.79 Å². The zero-order chi connectivity index (χ0) is 22.0. The molecule has 6 nitrogen and oxygen atoms in total. The highest BCUT2D eigenvalue weighted by atomic mass is 16.5. The van der Waals surface area contributed by atoms with E-state index in [4.69, 9.17) is 9.47 Å². The SMILES string of the molecule is COc1ccc([C@H]2[C@@H]3CCCC[C@H]3[C@@H]2NC(=O)CCn2ccnc2C(C)C)cc1OC. The molecule has 1 heterocycles. The van der Waals surface area contributed by atoms with E-state index in [9.17, 15) is 4.79 Å². The number of benzene rings is 1. The number of aromatic nitrogens is 2. The second-order valence-corrected chi connectivity index (χ2v) is 9.23. The van der Waals surface area contributed by atoms with Crippen LogP contribution in [0.2, 0.25) is 0 Å². The summed E-state index contributed by atoms with van der Waals surface area (Å²) in [6.45, 7) is 4.93. The molecule has 0 bridgehead atoms. The Morgan fingerprint density at radius 1 is 1.16 bits per heavy atom. The molecule has 2 aliphatic rings. The van der Waals surface area contributed by atoms with Gasteiger partial charge in [-0.05, 0) is 42.4 Å². The minimum Gasteiger partial charge on any atom is -0.493 e. The molecule has 2 saturated carbocycles. The number of methoxy groups -OCH3 is 2. The van der Waals surface area contributed by atoms with Gasteiger partial charge < -0.3 is 19.4 Å². The number of nitrogens with zero attached hydrogens (tertiary/aromatic N) is 2. The maximum Gasteiger partial charge on any atom is 0.222 e. The number of rotatable bonds is 8. The number of hydrogen-bond acceptors (Lipinski definition) is 4. The molecule has 6 heteroatoms. The van der Waals surface area contributed by atoms with Crippen molar-refractivity contribution < 1.29 is 14.3 Å². The zero-order valence-electron chi connectivity index (χ0n) is 19.1. The Hall–Kier alpha value is -2.50. The van der Waals surface area contributed by atoms with E-state index in [0.29, 0.717) is 36.6 Å². The van der Waals surface area contributed by atoms with Crippen LogP contribution in [-0.4, -0.2) is 35.7 Å². The third-order valence-corrected chi connectivity index (χ3v) is 7.15. The molecule has 0 radical (unpaired) electrons. The highest BCUT2D eigenvalue weighted by Gasteiger charge is 2.51. The van der Waals surface area contributed by atoms with Crippen molar-refractivity contribution in [2.24, 2.45) is 11.8 Å². The number of fused-ring (bicyclic) bond motifs is 1. The van der Waals surface area contributed by atoms with Crippen molar-refractivity contribution in [2.45, 2.75) is 70.4 Å². The molecule has 2 aromatic rings. The van der Waals surface area contributed by atoms with Crippen LogP contribution >= 0.6 is 0 Å². The molecule has 1 aromatic carbocycles. The quantitative estimate of drug-likeness (QED) is 0.676. The van der Waals surface area contributed by atoms with Crippen LogP contribution in [0.1, 0.15) is 69.2 Å². The van der Waals surface area contributed by atoms with E-state index in [-0.39, 0.29) is 11.9 Å². The van der Waals surface area contributed by atoms with Crippen LogP contribution < -0.4 is 14.8 Å². The molecular formula is C25H35N3O3. The molecule has 1 aromatic heterocycles. The fraction of sp³-hybridized carbons (Fsp3) is 0.600. The van der Waals surface area contributed by atoms with E-state index >= 15 is 0 Å². The predicted octanol–water partition coefficient (Wildman–Crippen LogP) is 4.50. The molecule has 0 unspecified atom stereocenters. The van der Waals surface area contributed by atoms with Crippen molar-refractivity contribution in [1.82, 2.24) is 14.9 Å². The zero-order valence-corrected chi connectivity index (χ0v) is 19.1. The van der Waals surface area contributed by atoms with Gasteiger partial charge in [-0.15, -0.1) is 0 Å². The first kappa shape index (κ1) is 21.7. The van der Waals surface area contributed by atoms with Crippen molar-refractivity contribution in [3.8, 4) is 11.5 Å². The summed E-state index contributed by atoms with van der Waals surface area (Å²) in [6.07, 6.45) is 9.25. The Kier molecular flexibility index (Phi) is 6.54. The lowest BCUT2D eigenvalue weighted by atomic mass is 9.53. The average Bonchev–Trinajstić information content (AvgIpc) is 3.25. The van der Waals surface area contributed by atoms with Crippen molar-refractivity contribution in [1.29, 1.82) is 0 Å². The van der Waals surface area contributed by atoms with Crippen molar-refractivity contribution in [3.63, 3.8) is 0 Å². The van der Waals surface area contributed by atoms with Crippen LogP contribution in [0.4, 0.5) is 0 Å². The molecule has 31 heavy (non-hydrogen) atoms. The van der Waals surface area contributed by atoms with Gasteiger partial charge in [0.25, 0.3) is 0 Å². The lowest BCUT2D eigenvalue weighted by molar-refractivity contribution is -0.125. The van der Waals surface area contributed by atoms with Gasteiger partial charge in [0, 0.05) is 43.2 Å². The van der Waals surface area contributed by atoms with Gasteiger partial charge >= 0.3 is 0 Å². The van der Waals surface area contributed by atoms with E-state index in [1.807, 2.05) is 18.5 Å². The van der Waals surface area contributed by atoms with Gasteiger partial charge in [-0.1, -0.05) is 32.8 Å². The van der Waals surface area contributed by atoms with Gasteiger partial charge in [0.1, 0.15) is 5.82 Å². The maximum atomic E-state index is 12.9. The van der Waals surface area contributed by atoms with Crippen molar-refractivity contribution in [3.05, 3.63) is 42.0 Å². The first-order valence-corrected chi connectivity index (χ1v) is 11.6. The van der Waals surface area contributed by atoms with E-state index < -0.39 is 0 Å². The number of carbonyl (C=O) groups excluding carboxylic acids is 1. The molecule has 1 amide bonds. The van der Waals surface area contributed by atoms with Crippen molar-refractivity contribution in [2.75, 3.05) is 14.2 Å². The Labute approximate surface area is 185 Å². The third-order valence-electron chi connectivity index (χ3n) is 7.15. The smallest absolute Gasteiger partial charge is 0.222 e. The highest BCUT2D eigenvalue weighted by Crippen LogP contribution is 2.55. The Balaban J connectivity index is 1.46. The summed E-state index contributed by atoms with van der Waals surface area (Å²) in [5.74, 6) is 4.57. The lowest BCUT2D eigenvalue weighted by Crippen LogP contribution is -2.59. The number of carbonyl (C=O) groups is 1. The highest BCUT2D eigenvalue weighted by molar-refractivity contribution is 5.76. The largest absolute Gasteiger partial charge is 0.493 e. The number of nitrogens with one attached hydrogen (secondary N) is 1. The van der Waals surface area contributed by atoms with Crippen LogP contribution in [0.15, 0.2) is 30.6 Å². The third kappa shape index (κ3) is 4.30. The van der Waals surface area contributed by atoms with Gasteiger partial charge in [0.05, 0.1) is 14.2 Å². The number of hydrogen-bond donors (Lipinski definition) is 1. The van der Waals surface area contributed by atoms with Gasteiger partial charge in [0.15, 0.2) is 11.5 Å². The standard InChI is InChI=1S/C25H35N3O3/c1-16(2)25-26-12-14-28(25)13-11-22(29)27-24-19-8-6-5-7-18(19)23(24)17-9-10-20(30-3)21(15-17)31-4/h9-10,12,14-16,18-19,23-24H,5-8,11,13H2,1-4H3,(H,27,29)/t18-,19-,23+,24+/m1/s1. The van der Waals surface area contributed by atoms with Crippen LogP contribution in [0.5, 0.6) is 11.5 Å². The summed E-state index contributed by atoms with van der Waals surface area (Å²) in [6, 6.07) is 6.41. The number of amides is 1. The number of imidazole rings is 1. The molecule has 168 valence electrons. The second-order valence-electron chi connectivity index (χ2n) is 9.23. The summed E-state index contributed by atoms with van der Waals surface area (Å²) in [7, 11) is 3.33. The van der Waals surface area contributed by atoms with E-state index in [1.165, 1.54) is 31.2 Å². The Bertz CT molecular complexity index is 907. The summed E-state index contributed by atoms with van der Waals surface area (Å²) in [5.41, 5.74) is 1.24. The van der Waals surface area contributed by atoms with Crippen LogP contribution in [0.25, 0.3) is 0 Å². The van der Waals surface area contributed by atoms with E-state index in [1.54, 1.807) is 14.2 Å². The molecule has 4 rings (SSSR count). The number of aryl methyl sites for hydroxylation is 1.